The summed E-state index contributed by atoms with van der Waals surface area (Å²) < 4.78 is 13.0. The van der Waals surface area contributed by atoms with E-state index in [1.165, 1.54) is 12.0 Å². The van der Waals surface area contributed by atoms with Crippen LogP contribution in [0.15, 0.2) is 12.4 Å². The first-order chi connectivity index (χ1) is 11.2. The van der Waals surface area contributed by atoms with E-state index in [0.29, 0.717) is 25.7 Å². The molecule has 2 aliphatic heterocycles. The van der Waals surface area contributed by atoms with Gasteiger partial charge in [-0.25, -0.2) is 0 Å². The highest BCUT2D eigenvalue weighted by molar-refractivity contribution is 5.05. The van der Waals surface area contributed by atoms with Crippen molar-refractivity contribution < 1.29 is 14.6 Å². The number of hydrogen-bond acceptors (Lipinski definition) is 5. The third kappa shape index (κ3) is 5.28. The first kappa shape index (κ1) is 16.9. The number of rotatable bonds is 8. The normalized spacial score (nSPS) is 26.9. The van der Waals surface area contributed by atoms with Crippen LogP contribution < -0.4 is 0 Å². The number of nitrogens with zero attached hydrogens (tertiary/aromatic N) is 3. The molecule has 0 radical (unpaired) electrons. The van der Waals surface area contributed by atoms with Crippen molar-refractivity contribution in [2.24, 2.45) is 13.0 Å². The summed E-state index contributed by atoms with van der Waals surface area (Å²) in [7, 11) is 1.96. The lowest BCUT2D eigenvalue weighted by Crippen LogP contribution is -2.34. The van der Waals surface area contributed by atoms with Crippen molar-refractivity contribution in [3.63, 3.8) is 0 Å². The third-order valence-electron chi connectivity index (χ3n) is 4.76. The summed E-state index contributed by atoms with van der Waals surface area (Å²) in [5.74, 6) is 0.666. The summed E-state index contributed by atoms with van der Waals surface area (Å²) in [6, 6.07) is 0. The van der Waals surface area contributed by atoms with Gasteiger partial charge in [0, 0.05) is 32.9 Å². The fraction of sp³-hybridized carbons (Fsp3) is 0.824. The molecule has 3 rings (SSSR count). The zero-order chi connectivity index (χ0) is 16.1. The molecule has 6 nitrogen and oxygen atoms in total. The Labute approximate surface area is 138 Å². The highest BCUT2D eigenvalue weighted by Crippen LogP contribution is 2.20. The lowest BCUT2D eigenvalue weighted by molar-refractivity contribution is -0.0237. The maximum atomic E-state index is 10.1. The van der Waals surface area contributed by atoms with Crippen LogP contribution in [0.1, 0.15) is 24.8 Å². The quantitative estimate of drug-likeness (QED) is 0.768. The summed E-state index contributed by atoms with van der Waals surface area (Å²) in [5, 5.41) is 14.4. The van der Waals surface area contributed by atoms with Crippen molar-refractivity contribution in [3.8, 4) is 0 Å². The van der Waals surface area contributed by atoms with Crippen molar-refractivity contribution in [2.45, 2.75) is 37.9 Å². The second-order valence-corrected chi connectivity index (χ2v) is 6.97. The lowest BCUT2D eigenvalue weighted by Gasteiger charge is -2.20. The topological polar surface area (TPSA) is 59.8 Å². The van der Waals surface area contributed by atoms with Crippen LogP contribution in [0.4, 0.5) is 0 Å². The Hall–Kier alpha value is -0.950. The molecule has 1 N–H and O–H groups in total. The van der Waals surface area contributed by atoms with Gasteiger partial charge < -0.3 is 19.5 Å². The molecule has 3 heterocycles. The average molecular weight is 323 g/mol. The molecule has 0 bridgehead atoms. The van der Waals surface area contributed by atoms with Crippen LogP contribution in [0.25, 0.3) is 0 Å². The molecular weight excluding hydrogens is 294 g/mol. The van der Waals surface area contributed by atoms with E-state index in [1.54, 1.807) is 0 Å². The Morgan fingerprint density at radius 1 is 1.48 bits per heavy atom. The number of aliphatic hydroxyl groups excluding tert-OH is 1. The van der Waals surface area contributed by atoms with Crippen molar-refractivity contribution in [3.05, 3.63) is 18.0 Å². The van der Waals surface area contributed by atoms with Crippen LogP contribution in [-0.4, -0.2) is 71.4 Å². The van der Waals surface area contributed by atoms with Crippen LogP contribution in [0, 0.1) is 5.92 Å². The van der Waals surface area contributed by atoms with Crippen molar-refractivity contribution in [1.82, 2.24) is 14.7 Å². The van der Waals surface area contributed by atoms with Crippen molar-refractivity contribution in [1.29, 1.82) is 0 Å². The van der Waals surface area contributed by atoms with E-state index in [0.717, 1.165) is 39.0 Å². The Morgan fingerprint density at radius 2 is 2.39 bits per heavy atom. The number of hydrogen-bond donors (Lipinski definition) is 1. The van der Waals surface area contributed by atoms with Gasteiger partial charge in [-0.1, -0.05) is 0 Å². The second kappa shape index (κ2) is 8.24. The zero-order valence-electron chi connectivity index (χ0n) is 14.1. The molecule has 23 heavy (non-hydrogen) atoms. The van der Waals surface area contributed by atoms with E-state index >= 15 is 0 Å². The van der Waals surface area contributed by atoms with E-state index < -0.39 is 6.10 Å². The molecule has 3 unspecified atom stereocenters. The van der Waals surface area contributed by atoms with E-state index in [9.17, 15) is 5.11 Å². The fourth-order valence-corrected chi connectivity index (χ4v) is 3.62. The Bertz CT molecular complexity index is 473. The number of aliphatic hydroxyl groups is 1. The summed E-state index contributed by atoms with van der Waals surface area (Å²) in [6.07, 6.45) is 8.36. The number of aromatic nitrogens is 2. The maximum absolute atomic E-state index is 10.1. The predicted octanol–water partition coefficient (Wildman–Crippen LogP) is 0.841. The fourth-order valence-electron chi connectivity index (χ4n) is 3.62. The smallest absolute Gasteiger partial charge is 0.0900 e. The van der Waals surface area contributed by atoms with Gasteiger partial charge in [-0.2, -0.15) is 5.10 Å². The first-order valence-electron chi connectivity index (χ1n) is 8.76. The van der Waals surface area contributed by atoms with Gasteiger partial charge >= 0.3 is 0 Å². The standard InChI is InChI=1S/C17H29N3O3/c1-19-9-15(8-18-19)7-14-4-5-20(10-14)11-16(21)12-22-13-17-3-2-6-23-17/h8-9,14,16-17,21H,2-7,10-13H2,1H3. The van der Waals surface area contributed by atoms with Crippen molar-refractivity contribution in [2.75, 3.05) is 39.5 Å². The van der Waals surface area contributed by atoms with Crippen LogP contribution in [0.2, 0.25) is 0 Å². The molecular formula is C17H29N3O3. The highest BCUT2D eigenvalue weighted by Gasteiger charge is 2.25. The summed E-state index contributed by atoms with van der Waals surface area (Å²) >= 11 is 0. The van der Waals surface area contributed by atoms with E-state index in [-0.39, 0.29) is 6.10 Å². The SMILES string of the molecule is Cn1cc(CC2CCN(CC(O)COCC3CCCO3)C2)cn1. The van der Waals surface area contributed by atoms with E-state index in [2.05, 4.69) is 16.2 Å². The van der Waals surface area contributed by atoms with Gasteiger partial charge in [0.2, 0.25) is 0 Å². The molecule has 6 heteroatoms. The summed E-state index contributed by atoms with van der Waals surface area (Å²) in [4.78, 5) is 2.35. The van der Waals surface area contributed by atoms with Gasteiger partial charge in [-0.15, -0.1) is 0 Å². The molecule has 0 aromatic carbocycles. The second-order valence-electron chi connectivity index (χ2n) is 6.97. The van der Waals surface area contributed by atoms with Gasteiger partial charge in [0.05, 0.1) is 31.6 Å². The zero-order valence-corrected chi connectivity index (χ0v) is 14.1. The largest absolute Gasteiger partial charge is 0.389 e. The third-order valence-corrected chi connectivity index (χ3v) is 4.76. The minimum Gasteiger partial charge on any atom is -0.389 e. The van der Waals surface area contributed by atoms with Crippen LogP contribution in [-0.2, 0) is 22.9 Å². The molecule has 0 amide bonds. The molecule has 1 aromatic heterocycles. The molecule has 2 aliphatic rings. The maximum Gasteiger partial charge on any atom is 0.0900 e. The van der Waals surface area contributed by atoms with Gasteiger partial charge in [0.25, 0.3) is 0 Å². The molecule has 2 fully saturated rings. The Kier molecular flexibility index (Phi) is 6.05. The first-order valence-corrected chi connectivity index (χ1v) is 8.76. The van der Waals surface area contributed by atoms with Crippen LogP contribution in [0.5, 0.6) is 0 Å². The van der Waals surface area contributed by atoms with E-state index in [1.807, 2.05) is 17.9 Å². The minimum absolute atomic E-state index is 0.234. The number of aryl methyl sites for hydroxylation is 1. The molecule has 0 spiro atoms. The molecule has 0 aliphatic carbocycles. The molecule has 2 saturated heterocycles. The lowest BCUT2D eigenvalue weighted by atomic mass is 10.0. The monoisotopic (exact) mass is 323 g/mol. The molecule has 130 valence electrons. The highest BCUT2D eigenvalue weighted by atomic mass is 16.5. The molecule has 3 atom stereocenters. The molecule has 1 aromatic rings. The van der Waals surface area contributed by atoms with Gasteiger partial charge in [-0.3, -0.25) is 4.68 Å². The van der Waals surface area contributed by atoms with Gasteiger partial charge in [0.15, 0.2) is 0 Å². The summed E-state index contributed by atoms with van der Waals surface area (Å²) in [5.41, 5.74) is 1.31. The van der Waals surface area contributed by atoms with E-state index in [4.69, 9.17) is 9.47 Å². The summed E-state index contributed by atoms with van der Waals surface area (Å²) in [6.45, 7) is 4.69. The minimum atomic E-state index is -0.409. The van der Waals surface area contributed by atoms with Crippen LogP contribution >= 0.6 is 0 Å². The van der Waals surface area contributed by atoms with Crippen LogP contribution in [0.3, 0.4) is 0 Å². The predicted molar refractivity (Wildman–Crippen MR) is 87.3 cm³/mol. The Morgan fingerprint density at radius 3 is 3.13 bits per heavy atom. The Balaban J connectivity index is 1.31. The number of ether oxygens (including phenoxy) is 2. The van der Waals surface area contributed by atoms with Crippen molar-refractivity contribution >= 4 is 0 Å². The average Bonchev–Trinajstić information content (AvgIpc) is 3.23. The van der Waals surface area contributed by atoms with Gasteiger partial charge in [-0.05, 0) is 43.7 Å². The number of likely N-dealkylation sites (tertiary alicyclic amines) is 1. The number of β-amino-alcohol motifs (C(OH)–C–C–N with tert-alkyl or cyclic N) is 1. The molecule has 0 saturated carbocycles. The van der Waals surface area contributed by atoms with Gasteiger partial charge in [0.1, 0.15) is 0 Å².